The van der Waals surface area contributed by atoms with Gasteiger partial charge < -0.3 is 10.2 Å². The van der Waals surface area contributed by atoms with Gasteiger partial charge in [0.05, 0.1) is 10.6 Å². The van der Waals surface area contributed by atoms with Gasteiger partial charge in [-0.25, -0.2) is 4.99 Å². The Morgan fingerprint density at radius 2 is 1.94 bits per heavy atom. The Kier molecular flexibility index (Phi) is 6.17. The first-order valence-electron chi connectivity index (χ1n) is 11.0. The molecule has 0 unspecified atom stereocenters. The van der Waals surface area contributed by atoms with E-state index in [1.165, 1.54) is 28.6 Å². The summed E-state index contributed by atoms with van der Waals surface area (Å²) in [4.78, 5) is 20.3. The number of aliphatic imine (C=N–C) groups is 1. The molecule has 0 spiro atoms. The van der Waals surface area contributed by atoms with E-state index in [2.05, 4.69) is 68.9 Å². The van der Waals surface area contributed by atoms with Crippen LogP contribution in [0.3, 0.4) is 0 Å². The summed E-state index contributed by atoms with van der Waals surface area (Å²) in [6, 6.07) is 12.2. The summed E-state index contributed by atoms with van der Waals surface area (Å²) >= 11 is 7.32. The van der Waals surface area contributed by atoms with Crippen LogP contribution in [0.2, 0.25) is 5.02 Å². The van der Waals surface area contributed by atoms with Crippen molar-refractivity contribution in [3.05, 3.63) is 63.0 Å². The molecule has 0 bridgehead atoms. The number of anilines is 1. The number of nitrogens with zero attached hydrogens (tertiary/aromatic N) is 2. The molecular formula is C26H30ClN3OS. The van der Waals surface area contributed by atoms with Crippen molar-refractivity contribution in [2.75, 3.05) is 4.90 Å². The summed E-state index contributed by atoms with van der Waals surface area (Å²) in [6.07, 6.45) is 3.09. The molecule has 2 aromatic carbocycles. The van der Waals surface area contributed by atoms with Crippen molar-refractivity contribution in [1.82, 2.24) is 5.32 Å². The number of amides is 1. The van der Waals surface area contributed by atoms with Crippen molar-refractivity contribution in [3.63, 3.8) is 0 Å². The Bertz CT molecular complexity index is 1120. The van der Waals surface area contributed by atoms with Crippen LogP contribution in [-0.4, -0.2) is 22.7 Å². The second-order valence-corrected chi connectivity index (χ2v) is 11.1. The first kappa shape index (κ1) is 22.9. The molecule has 4 nitrogen and oxygen atoms in total. The molecule has 1 atom stereocenters. The maximum absolute atomic E-state index is 12.6. The van der Waals surface area contributed by atoms with Crippen molar-refractivity contribution in [1.29, 1.82) is 0 Å². The van der Waals surface area contributed by atoms with Crippen molar-refractivity contribution in [2.45, 2.75) is 65.5 Å². The highest BCUT2D eigenvalue weighted by atomic mass is 35.5. The van der Waals surface area contributed by atoms with E-state index in [9.17, 15) is 4.79 Å². The molecule has 1 fully saturated rings. The zero-order valence-corrected chi connectivity index (χ0v) is 21.1. The van der Waals surface area contributed by atoms with Crippen LogP contribution in [0.1, 0.15) is 63.6 Å². The first-order chi connectivity index (χ1) is 15.0. The maximum Gasteiger partial charge on any atom is 0.264 e. The molecule has 6 heteroatoms. The van der Waals surface area contributed by atoms with E-state index in [-0.39, 0.29) is 11.4 Å². The minimum Gasteiger partial charge on any atom is -0.364 e. The lowest BCUT2D eigenvalue weighted by Crippen LogP contribution is -2.51. The van der Waals surface area contributed by atoms with Gasteiger partial charge in [0.25, 0.3) is 5.91 Å². The van der Waals surface area contributed by atoms with E-state index in [4.69, 9.17) is 11.6 Å². The molecule has 0 radical (unpaired) electrons. The van der Waals surface area contributed by atoms with Crippen LogP contribution in [0.5, 0.6) is 0 Å². The SMILES string of the molecule is Cc1cc2c(cc1/C=C1\SC(=Nc3ccc(Cl)cc3)NC1=O)[C@H](C)CC(C)(C)N2C(C)C. The summed E-state index contributed by atoms with van der Waals surface area (Å²) in [5.41, 5.74) is 5.80. The third-order valence-corrected chi connectivity index (χ3v) is 7.34. The normalized spacial score (nSPS) is 22.6. The highest BCUT2D eigenvalue weighted by Gasteiger charge is 2.38. The highest BCUT2D eigenvalue weighted by Crippen LogP contribution is 2.45. The average Bonchev–Trinajstić information content (AvgIpc) is 3.02. The number of hydrogen-bond acceptors (Lipinski definition) is 4. The highest BCUT2D eigenvalue weighted by molar-refractivity contribution is 8.18. The van der Waals surface area contributed by atoms with Gasteiger partial charge in [-0.1, -0.05) is 18.5 Å². The number of benzene rings is 2. The predicted octanol–water partition coefficient (Wildman–Crippen LogP) is 7.04. The average molecular weight is 468 g/mol. The van der Waals surface area contributed by atoms with E-state index in [1.807, 2.05) is 18.2 Å². The van der Waals surface area contributed by atoms with Crippen molar-refractivity contribution >= 4 is 51.9 Å². The molecule has 0 aromatic heterocycles. The number of carbonyl (C=O) groups is 1. The molecule has 1 saturated heterocycles. The van der Waals surface area contributed by atoms with Gasteiger partial charge in [-0.3, -0.25) is 4.79 Å². The lowest BCUT2D eigenvalue weighted by atomic mass is 9.78. The van der Waals surface area contributed by atoms with Gasteiger partial charge in [-0.2, -0.15) is 0 Å². The molecule has 2 heterocycles. The molecule has 0 saturated carbocycles. The number of rotatable bonds is 3. The zero-order chi connectivity index (χ0) is 23.2. The number of halogens is 1. The second kappa shape index (κ2) is 8.60. The van der Waals surface area contributed by atoms with Crippen LogP contribution >= 0.6 is 23.4 Å². The van der Waals surface area contributed by atoms with Crippen LogP contribution < -0.4 is 10.2 Å². The van der Waals surface area contributed by atoms with Crippen LogP contribution in [-0.2, 0) is 4.79 Å². The molecule has 2 aromatic rings. The molecular weight excluding hydrogens is 438 g/mol. The zero-order valence-electron chi connectivity index (χ0n) is 19.5. The molecule has 168 valence electrons. The fourth-order valence-corrected chi connectivity index (χ4v) is 5.96. The molecule has 1 amide bonds. The van der Waals surface area contributed by atoms with E-state index in [0.717, 1.165) is 17.7 Å². The molecule has 32 heavy (non-hydrogen) atoms. The van der Waals surface area contributed by atoms with Gasteiger partial charge in [-0.15, -0.1) is 0 Å². The Labute approximate surface area is 200 Å². The Morgan fingerprint density at radius 1 is 1.25 bits per heavy atom. The smallest absolute Gasteiger partial charge is 0.264 e. The van der Waals surface area contributed by atoms with Gasteiger partial charge in [0.1, 0.15) is 0 Å². The minimum absolute atomic E-state index is 0.112. The third-order valence-electron chi connectivity index (χ3n) is 6.17. The van der Waals surface area contributed by atoms with E-state index >= 15 is 0 Å². The third kappa shape index (κ3) is 4.46. The topological polar surface area (TPSA) is 44.7 Å². The monoisotopic (exact) mass is 467 g/mol. The van der Waals surface area contributed by atoms with Crippen LogP contribution in [0.25, 0.3) is 6.08 Å². The predicted molar refractivity (Wildman–Crippen MR) is 138 cm³/mol. The summed E-state index contributed by atoms with van der Waals surface area (Å²) < 4.78 is 0. The van der Waals surface area contributed by atoms with Crippen LogP contribution in [0, 0.1) is 6.92 Å². The number of carbonyl (C=O) groups excluding carboxylic acids is 1. The number of aryl methyl sites for hydroxylation is 1. The molecule has 0 aliphatic carbocycles. The Balaban J connectivity index is 1.67. The number of nitrogens with one attached hydrogen (secondary N) is 1. The Hall–Kier alpha value is -2.24. The quantitative estimate of drug-likeness (QED) is 0.492. The number of thioether (sulfide) groups is 1. The van der Waals surface area contributed by atoms with Gasteiger partial charge in [0, 0.05) is 22.3 Å². The van der Waals surface area contributed by atoms with E-state index in [1.54, 1.807) is 12.1 Å². The largest absolute Gasteiger partial charge is 0.364 e. The summed E-state index contributed by atoms with van der Waals surface area (Å²) in [7, 11) is 0. The Morgan fingerprint density at radius 3 is 2.59 bits per heavy atom. The van der Waals surface area contributed by atoms with Crippen molar-refractivity contribution in [2.24, 2.45) is 4.99 Å². The van der Waals surface area contributed by atoms with Gasteiger partial charge in [-0.05, 0) is 118 Å². The van der Waals surface area contributed by atoms with Gasteiger partial charge >= 0.3 is 0 Å². The van der Waals surface area contributed by atoms with Gasteiger partial charge in [0.15, 0.2) is 5.17 Å². The molecule has 1 N–H and O–H groups in total. The fraction of sp³-hybridized carbons (Fsp3) is 0.385. The standard InChI is InChI=1S/C26H30ClN3OS/c1-15(2)30-22-11-16(3)18(12-21(22)17(4)14-26(30,5)6)13-23-24(31)29-25(32-23)28-20-9-7-19(27)8-10-20/h7-13,15,17H,14H2,1-6H3,(H,28,29,31)/b23-13-/t17-/m1/s1. The molecule has 2 aliphatic rings. The maximum atomic E-state index is 12.6. The lowest BCUT2D eigenvalue weighted by Gasteiger charge is -2.50. The van der Waals surface area contributed by atoms with Crippen molar-refractivity contribution in [3.8, 4) is 0 Å². The number of amidine groups is 1. The lowest BCUT2D eigenvalue weighted by molar-refractivity contribution is -0.115. The second-order valence-electron chi connectivity index (χ2n) is 9.61. The summed E-state index contributed by atoms with van der Waals surface area (Å²) in [6.45, 7) is 13.6. The minimum atomic E-state index is -0.113. The van der Waals surface area contributed by atoms with E-state index < -0.39 is 0 Å². The van der Waals surface area contributed by atoms with E-state index in [0.29, 0.717) is 27.1 Å². The fourth-order valence-electron chi connectivity index (χ4n) is 5.00. The van der Waals surface area contributed by atoms with Crippen molar-refractivity contribution < 1.29 is 4.79 Å². The van der Waals surface area contributed by atoms with Gasteiger partial charge in [0.2, 0.25) is 0 Å². The van der Waals surface area contributed by atoms with Crippen LogP contribution in [0.4, 0.5) is 11.4 Å². The molecule has 4 rings (SSSR count). The summed E-state index contributed by atoms with van der Waals surface area (Å²) in [5, 5.41) is 4.12. The summed E-state index contributed by atoms with van der Waals surface area (Å²) in [5.74, 6) is 0.345. The number of hydrogen-bond donors (Lipinski definition) is 1. The van der Waals surface area contributed by atoms with Crippen LogP contribution in [0.15, 0.2) is 46.3 Å². The molecule has 2 aliphatic heterocycles. The number of fused-ring (bicyclic) bond motifs is 1. The first-order valence-corrected chi connectivity index (χ1v) is 12.2.